The van der Waals surface area contributed by atoms with Gasteiger partial charge in [-0.15, -0.1) is 10.2 Å². The number of carbonyl (C=O) groups excluding carboxylic acids is 2. The number of nitrogens with zero attached hydrogens (tertiary/aromatic N) is 3. The van der Waals surface area contributed by atoms with Crippen LogP contribution in [0.15, 0.2) is 47.6 Å². The normalized spacial score (nSPS) is 10.7. The highest BCUT2D eigenvalue weighted by Crippen LogP contribution is 2.26. The smallest absolute Gasteiger partial charge is 0.234 e. The zero-order valence-electron chi connectivity index (χ0n) is 18.1. The molecule has 3 aromatic rings. The molecular weight excluding hydrogens is 485 g/mol. The number of thioether (sulfide) groups is 1. The van der Waals surface area contributed by atoms with E-state index in [0.29, 0.717) is 33.3 Å². The number of rotatable bonds is 10. The number of anilines is 1. The molecule has 0 atom stereocenters. The van der Waals surface area contributed by atoms with Crippen LogP contribution in [0, 0.1) is 0 Å². The van der Waals surface area contributed by atoms with Crippen LogP contribution in [-0.2, 0) is 29.1 Å². The number of ether oxygens (including phenoxy) is 1. The number of benzene rings is 2. The van der Waals surface area contributed by atoms with Gasteiger partial charge in [-0.05, 0) is 42.8 Å². The number of methoxy groups -OCH3 is 1. The first-order chi connectivity index (χ1) is 15.9. The SMILES string of the molecule is CCn1c(CNC(=O)Cc2ccc(OC)cc2)nnc1SCC(=O)Nc1cc(Cl)ccc1Cl. The number of amides is 2. The molecule has 8 nitrogen and oxygen atoms in total. The Kier molecular flexibility index (Phi) is 8.99. The van der Waals surface area contributed by atoms with Crippen molar-refractivity contribution in [3.05, 3.63) is 63.9 Å². The van der Waals surface area contributed by atoms with Crippen LogP contribution < -0.4 is 15.4 Å². The molecule has 0 radical (unpaired) electrons. The van der Waals surface area contributed by atoms with Crippen LogP contribution in [0.5, 0.6) is 5.75 Å². The number of nitrogens with one attached hydrogen (secondary N) is 2. The highest BCUT2D eigenvalue weighted by atomic mass is 35.5. The Balaban J connectivity index is 1.52. The van der Waals surface area contributed by atoms with Crippen LogP contribution in [-0.4, -0.2) is 39.4 Å². The van der Waals surface area contributed by atoms with Crippen LogP contribution in [0.3, 0.4) is 0 Å². The maximum atomic E-state index is 12.3. The third-order valence-corrected chi connectivity index (χ3v) is 6.14. The lowest BCUT2D eigenvalue weighted by molar-refractivity contribution is -0.120. The molecule has 0 aliphatic carbocycles. The minimum atomic E-state index is -0.246. The molecule has 2 aromatic carbocycles. The molecule has 0 unspecified atom stereocenters. The van der Waals surface area contributed by atoms with Crippen LogP contribution in [0.4, 0.5) is 5.69 Å². The second-order valence-corrected chi connectivity index (χ2v) is 8.69. The summed E-state index contributed by atoms with van der Waals surface area (Å²) in [6.45, 7) is 2.78. The second-order valence-electron chi connectivity index (χ2n) is 6.91. The van der Waals surface area contributed by atoms with Gasteiger partial charge in [-0.1, -0.05) is 47.1 Å². The maximum absolute atomic E-state index is 12.3. The van der Waals surface area contributed by atoms with Crippen molar-refractivity contribution in [1.82, 2.24) is 20.1 Å². The van der Waals surface area contributed by atoms with Crippen LogP contribution in [0.1, 0.15) is 18.3 Å². The molecule has 0 aliphatic heterocycles. The summed E-state index contributed by atoms with van der Waals surface area (Å²) < 4.78 is 6.98. The molecule has 0 aliphatic rings. The Morgan fingerprint density at radius 3 is 2.55 bits per heavy atom. The van der Waals surface area contributed by atoms with Gasteiger partial charge in [0.25, 0.3) is 0 Å². The monoisotopic (exact) mass is 507 g/mol. The first kappa shape index (κ1) is 24.9. The van der Waals surface area contributed by atoms with E-state index in [4.69, 9.17) is 27.9 Å². The Morgan fingerprint density at radius 1 is 1.09 bits per heavy atom. The lowest BCUT2D eigenvalue weighted by Crippen LogP contribution is -2.26. The van der Waals surface area contributed by atoms with E-state index in [1.807, 2.05) is 35.8 Å². The van der Waals surface area contributed by atoms with Crippen molar-refractivity contribution in [2.75, 3.05) is 18.2 Å². The molecular formula is C22H23Cl2N5O3S. The van der Waals surface area contributed by atoms with E-state index >= 15 is 0 Å². The van der Waals surface area contributed by atoms with E-state index in [1.54, 1.807) is 25.3 Å². The van der Waals surface area contributed by atoms with Crippen molar-refractivity contribution in [3.8, 4) is 5.75 Å². The predicted octanol–water partition coefficient (Wildman–Crippen LogP) is 4.20. The molecule has 0 bridgehead atoms. The van der Waals surface area contributed by atoms with Gasteiger partial charge in [-0.25, -0.2) is 0 Å². The van der Waals surface area contributed by atoms with Gasteiger partial charge in [0.05, 0.1) is 36.5 Å². The Bertz CT molecular complexity index is 1120. The summed E-state index contributed by atoms with van der Waals surface area (Å²) in [7, 11) is 1.60. The van der Waals surface area contributed by atoms with Crippen molar-refractivity contribution in [2.45, 2.75) is 31.6 Å². The first-order valence-corrected chi connectivity index (χ1v) is 11.8. The van der Waals surface area contributed by atoms with Gasteiger partial charge in [0.1, 0.15) is 5.75 Å². The third-order valence-electron chi connectivity index (χ3n) is 4.61. The maximum Gasteiger partial charge on any atom is 0.234 e. The topological polar surface area (TPSA) is 98.1 Å². The fourth-order valence-corrected chi connectivity index (χ4v) is 4.11. The van der Waals surface area contributed by atoms with Gasteiger partial charge < -0.3 is 19.9 Å². The van der Waals surface area contributed by atoms with Gasteiger partial charge in [0.2, 0.25) is 11.8 Å². The highest BCUT2D eigenvalue weighted by molar-refractivity contribution is 7.99. The van der Waals surface area contributed by atoms with Crippen molar-refractivity contribution >= 4 is 52.5 Å². The van der Waals surface area contributed by atoms with Crippen molar-refractivity contribution in [2.24, 2.45) is 0 Å². The standard InChI is InChI=1S/C22H23Cl2N5O3S/c1-3-29-19(12-25-20(30)10-14-4-7-16(32-2)8-5-14)27-28-22(29)33-13-21(31)26-18-11-15(23)6-9-17(18)24/h4-9,11H,3,10,12-13H2,1-2H3,(H,25,30)(H,26,31). The fraction of sp³-hybridized carbons (Fsp3) is 0.273. The van der Waals surface area contributed by atoms with E-state index in [-0.39, 0.29) is 30.5 Å². The molecule has 11 heteroatoms. The summed E-state index contributed by atoms with van der Waals surface area (Å²) in [6.07, 6.45) is 0.248. The van der Waals surface area contributed by atoms with Crippen molar-refractivity contribution < 1.29 is 14.3 Å². The average Bonchev–Trinajstić information content (AvgIpc) is 3.21. The Morgan fingerprint density at radius 2 is 1.85 bits per heavy atom. The Labute approximate surface area is 206 Å². The van der Waals surface area contributed by atoms with Crippen LogP contribution in [0.2, 0.25) is 10.0 Å². The number of halogens is 2. The molecule has 1 heterocycles. The average molecular weight is 508 g/mol. The van der Waals surface area contributed by atoms with E-state index in [0.717, 1.165) is 11.3 Å². The summed E-state index contributed by atoms with van der Waals surface area (Å²) in [6, 6.07) is 12.2. The van der Waals surface area contributed by atoms with Gasteiger partial charge in [0, 0.05) is 11.6 Å². The van der Waals surface area contributed by atoms with E-state index in [2.05, 4.69) is 20.8 Å². The zero-order chi connectivity index (χ0) is 23.8. The Hall–Kier alpha value is -2.75. The third kappa shape index (κ3) is 7.12. The van der Waals surface area contributed by atoms with Gasteiger partial charge in [-0.3, -0.25) is 9.59 Å². The summed E-state index contributed by atoms with van der Waals surface area (Å²) in [4.78, 5) is 24.6. The van der Waals surface area contributed by atoms with Crippen LogP contribution >= 0.6 is 35.0 Å². The molecule has 0 saturated heterocycles. The summed E-state index contributed by atoms with van der Waals surface area (Å²) in [5, 5.41) is 15.4. The van der Waals surface area contributed by atoms with Gasteiger partial charge in [0.15, 0.2) is 11.0 Å². The second kappa shape index (κ2) is 11.9. The summed E-state index contributed by atoms with van der Waals surface area (Å²) >= 11 is 13.3. The van der Waals surface area contributed by atoms with Crippen molar-refractivity contribution in [1.29, 1.82) is 0 Å². The molecule has 2 amide bonds. The lowest BCUT2D eigenvalue weighted by Gasteiger charge is -2.10. The quantitative estimate of drug-likeness (QED) is 0.399. The number of hydrogen-bond acceptors (Lipinski definition) is 6. The largest absolute Gasteiger partial charge is 0.497 e. The molecule has 0 saturated carbocycles. The molecule has 174 valence electrons. The van der Waals surface area contributed by atoms with Crippen molar-refractivity contribution in [3.63, 3.8) is 0 Å². The predicted molar refractivity (Wildman–Crippen MR) is 130 cm³/mol. The minimum Gasteiger partial charge on any atom is -0.497 e. The van der Waals surface area contributed by atoms with Crippen LogP contribution in [0.25, 0.3) is 0 Å². The zero-order valence-corrected chi connectivity index (χ0v) is 20.4. The highest BCUT2D eigenvalue weighted by Gasteiger charge is 2.15. The molecule has 0 fully saturated rings. The summed E-state index contributed by atoms with van der Waals surface area (Å²) in [5.74, 6) is 1.10. The van der Waals surface area contributed by atoms with E-state index < -0.39 is 0 Å². The molecule has 1 aromatic heterocycles. The molecule has 2 N–H and O–H groups in total. The van der Waals surface area contributed by atoms with E-state index in [9.17, 15) is 9.59 Å². The number of carbonyl (C=O) groups is 2. The van der Waals surface area contributed by atoms with Gasteiger partial charge in [-0.2, -0.15) is 0 Å². The molecule has 33 heavy (non-hydrogen) atoms. The lowest BCUT2D eigenvalue weighted by atomic mass is 10.1. The summed E-state index contributed by atoms with van der Waals surface area (Å²) in [5.41, 5.74) is 1.33. The number of hydrogen-bond donors (Lipinski definition) is 2. The molecule has 0 spiro atoms. The number of aromatic nitrogens is 3. The molecule has 3 rings (SSSR count). The van der Waals surface area contributed by atoms with Gasteiger partial charge >= 0.3 is 0 Å². The van der Waals surface area contributed by atoms with E-state index in [1.165, 1.54) is 11.8 Å². The first-order valence-electron chi connectivity index (χ1n) is 10.1. The fourth-order valence-electron chi connectivity index (χ4n) is 2.95. The minimum absolute atomic E-state index is 0.116.